The van der Waals surface area contributed by atoms with E-state index in [9.17, 15) is 14.4 Å². The Balaban J connectivity index is 1.41. The van der Waals surface area contributed by atoms with Crippen LogP contribution in [-0.4, -0.2) is 30.2 Å². The predicted octanol–water partition coefficient (Wildman–Crippen LogP) is 4.25. The van der Waals surface area contributed by atoms with E-state index >= 15 is 0 Å². The van der Waals surface area contributed by atoms with Gasteiger partial charge in [-0.3, -0.25) is 9.59 Å². The van der Waals surface area contributed by atoms with Crippen molar-refractivity contribution < 1.29 is 23.9 Å². The second-order valence-corrected chi connectivity index (χ2v) is 7.24. The van der Waals surface area contributed by atoms with Gasteiger partial charge in [0.15, 0.2) is 18.1 Å². The van der Waals surface area contributed by atoms with Crippen molar-refractivity contribution in [3.63, 3.8) is 0 Å². The molecule has 33 heavy (non-hydrogen) atoms. The highest BCUT2D eigenvalue weighted by Gasteiger charge is 2.24. The number of hydrogen-bond donors (Lipinski definition) is 1. The van der Waals surface area contributed by atoms with Gasteiger partial charge in [-0.2, -0.15) is 0 Å². The molecule has 0 saturated heterocycles. The zero-order valence-electron chi connectivity index (χ0n) is 17.8. The lowest BCUT2D eigenvalue weighted by atomic mass is 10.1. The summed E-state index contributed by atoms with van der Waals surface area (Å²) in [4.78, 5) is 39.8. The molecule has 0 spiro atoms. The molecule has 0 aliphatic carbocycles. The Morgan fingerprint density at radius 2 is 1.67 bits per heavy atom. The van der Waals surface area contributed by atoms with Crippen molar-refractivity contribution >= 4 is 35.3 Å². The second kappa shape index (κ2) is 9.74. The van der Waals surface area contributed by atoms with Gasteiger partial charge < -0.3 is 14.8 Å². The monoisotopic (exact) mass is 440 g/mol. The zero-order valence-corrected chi connectivity index (χ0v) is 17.8. The van der Waals surface area contributed by atoms with Gasteiger partial charge in [0, 0.05) is 23.7 Å². The number of carbonyl (C=O) groups is 3. The van der Waals surface area contributed by atoms with Gasteiger partial charge in [0.2, 0.25) is 11.8 Å². The third-order valence-corrected chi connectivity index (χ3v) is 4.72. The minimum absolute atomic E-state index is 0.0643. The molecule has 4 rings (SSSR count). The molecule has 0 fully saturated rings. The van der Waals surface area contributed by atoms with Gasteiger partial charge in [0.1, 0.15) is 5.75 Å². The minimum Gasteiger partial charge on any atom is -0.485 e. The molecule has 3 aromatic carbocycles. The molecule has 1 aliphatic rings. The predicted molar refractivity (Wildman–Crippen MR) is 124 cm³/mol. The van der Waals surface area contributed by atoms with Crippen LogP contribution in [0, 0.1) is 0 Å². The van der Waals surface area contributed by atoms with Crippen molar-refractivity contribution in [2.24, 2.45) is 4.99 Å². The maximum Gasteiger partial charge on any atom is 0.363 e. The Kier molecular flexibility index (Phi) is 6.40. The number of rotatable bonds is 7. The molecule has 1 aliphatic heterocycles. The summed E-state index contributed by atoms with van der Waals surface area (Å²) in [6.45, 7) is 1.36. The van der Waals surface area contributed by atoms with Crippen molar-refractivity contribution in [3.8, 4) is 5.75 Å². The lowest BCUT2D eigenvalue weighted by molar-refractivity contribution is -0.129. The van der Waals surface area contributed by atoms with Crippen LogP contribution in [0.5, 0.6) is 5.75 Å². The van der Waals surface area contributed by atoms with Gasteiger partial charge in [-0.05, 0) is 48.0 Å². The molecule has 1 N–H and O–H groups in total. The van der Waals surface area contributed by atoms with Gasteiger partial charge in [-0.1, -0.05) is 42.5 Å². The topological polar surface area (TPSA) is 94.1 Å². The van der Waals surface area contributed by atoms with Crippen LogP contribution in [0.3, 0.4) is 0 Å². The number of Topliss-reactive ketones (excluding diaryl/α,β-unsaturated/α-hetero) is 1. The van der Waals surface area contributed by atoms with Crippen molar-refractivity contribution in [2.45, 2.75) is 6.92 Å². The molecule has 0 radical (unpaired) electrons. The summed E-state index contributed by atoms with van der Waals surface area (Å²) in [6.07, 6.45) is 1.61. The molecule has 0 bridgehead atoms. The van der Waals surface area contributed by atoms with Crippen LogP contribution in [0.2, 0.25) is 0 Å². The number of nitrogens with zero attached hydrogens (tertiary/aromatic N) is 1. The fourth-order valence-electron chi connectivity index (χ4n) is 3.11. The van der Waals surface area contributed by atoms with Crippen LogP contribution in [0.4, 0.5) is 5.69 Å². The standard InChI is InChI=1S/C26H20N2O5/c1-17(29)27-21-11-9-20(10-12-21)25-28-23(26(31)33-25)15-18-7-13-22(14-8-18)32-16-24(30)19-5-3-2-4-6-19/h2-15H,16H2,1H3,(H,27,29)/b23-15-. The van der Waals surface area contributed by atoms with E-state index in [1.165, 1.54) is 6.92 Å². The Hall–Kier alpha value is -4.52. The third kappa shape index (κ3) is 5.59. The minimum atomic E-state index is -0.551. The molecule has 7 nitrogen and oxygen atoms in total. The maximum atomic E-state index is 12.2. The molecule has 3 aromatic rings. The molecular weight excluding hydrogens is 420 g/mol. The number of benzene rings is 3. The van der Waals surface area contributed by atoms with E-state index < -0.39 is 5.97 Å². The van der Waals surface area contributed by atoms with Crippen LogP contribution in [-0.2, 0) is 14.3 Å². The molecule has 1 amide bonds. The molecular formula is C26H20N2O5. The lowest BCUT2D eigenvalue weighted by Crippen LogP contribution is -2.11. The number of hydrogen-bond acceptors (Lipinski definition) is 6. The number of cyclic esters (lactones) is 1. The first-order valence-electron chi connectivity index (χ1n) is 10.2. The van der Waals surface area contributed by atoms with E-state index in [-0.39, 0.29) is 29.9 Å². The van der Waals surface area contributed by atoms with E-state index in [1.807, 2.05) is 6.07 Å². The molecule has 7 heteroatoms. The fraction of sp³-hybridized carbons (Fsp3) is 0.0769. The van der Waals surface area contributed by atoms with Crippen LogP contribution in [0.25, 0.3) is 6.08 Å². The Morgan fingerprint density at radius 1 is 0.970 bits per heavy atom. The first-order chi connectivity index (χ1) is 16.0. The van der Waals surface area contributed by atoms with Crippen molar-refractivity contribution in [1.82, 2.24) is 0 Å². The highest BCUT2D eigenvalue weighted by molar-refractivity contribution is 6.13. The van der Waals surface area contributed by atoms with Crippen LogP contribution < -0.4 is 10.1 Å². The van der Waals surface area contributed by atoms with Gasteiger partial charge in [0.25, 0.3) is 0 Å². The lowest BCUT2D eigenvalue weighted by Gasteiger charge is -2.06. The number of ether oxygens (including phenoxy) is 2. The first-order valence-corrected chi connectivity index (χ1v) is 10.2. The summed E-state index contributed by atoms with van der Waals surface area (Å²) in [6, 6.07) is 22.7. The number of nitrogens with one attached hydrogen (secondary N) is 1. The molecule has 1 heterocycles. The summed E-state index contributed by atoms with van der Waals surface area (Å²) in [5, 5.41) is 2.67. The SMILES string of the molecule is CC(=O)Nc1ccc(C2=N/C(=C\c3ccc(OCC(=O)c4ccccc4)cc3)C(=O)O2)cc1. The van der Waals surface area contributed by atoms with Crippen molar-refractivity contribution in [3.05, 3.63) is 101 Å². The number of ketones is 1. The molecule has 164 valence electrons. The van der Waals surface area contributed by atoms with Gasteiger partial charge in [0.05, 0.1) is 0 Å². The van der Waals surface area contributed by atoms with E-state index in [2.05, 4.69) is 10.3 Å². The quantitative estimate of drug-likeness (QED) is 0.337. The van der Waals surface area contributed by atoms with E-state index in [1.54, 1.807) is 78.9 Å². The summed E-state index contributed by atoms with van der Waals surface area (Å²) in [5.74, 6) is -0.0945. The summed E-state index contributed by atoms with van der Waals surface area (Å²) in [7, 11) is 0. The summed E-state index contributed by atoms with van der Waals surface area (Å²) in [5.41, 5.74) is 2.75. The van der Waals surface area contributed by atoms with Crippen molar-refractivity contribution in [1.29, 1.82) is 0 Å². The molecule has 0 unspecified atom stereocenters. The Morgan fingerprint density at radius 3 is 2.33 bits per heavy atom. The van der Waals surface area contributed by atoms with Gasteiger partial charge in [-0.15, -0.1) is 0 Å². The normalized spacial score (nSPS) is 13.9. The van der Waals surface area contributed by atoms with Crippen LogP contribution in [0.15, 0.2) is 89.6 Å². The maximum absolute atomic E-state index is 12.2. The van der Waals surface area contributed by atoms with Crippen LogP contribution >= 0.6 is 0 Å². The Bertz CT molecular complexity index is 1240. The second-order valence-electron chi connectivity index (χ2n) is 7.24. The van der Waals surface area contributed by atoms with E-state index in [0.29, 0.717) is 22.6 Å². The Labute approximate surface area is 190 Å². The summed E-state index contributed by atoms with van der Waals surface area (Å²) >= 11 is 0. The van der Waals surface area contributed by atoms with Gasteiger partial charge in [-0.25, -0.2) is 9.79 Å². The van der Waals surface area contributed by atoms with E-state index in [0.717, 1.165) is 5.56 Å². The number of carbonyl (C=O) groups excluding carboxylic acids is 3. The molecule has 0 saturated carbocycles. The number of amides is 1. The zero-order chi connectivity index (χ0) is 23.2. The van der Waals surface area contributed by atoms with Crippen molar-refractivity contribution in [2.75, 3.05) is 11.9 Å². The average Bonchev–Trinajstić information content (AvgIpc) is 3.19. The average molecular weight is 440 g/mol. The van der Waals surface area contributed by atoms with E-state index in [4.69, 9.17) is 9.47 Å². The summed E-state index contributed by atoms with van der Waals surface area (Å²) < 4.78 is 10.8. The highest BCUT2D eigenvalue weighted by atomic mass is 16.6. The van der Waals surface area contributed by atoms with Crippen LogP contribution in [0.1, 0.15) is 28.4 Å². The third-order valence-electron chi connectivity index (χ3n) is 4.72. The smallest absolute Gasteiger partial charge is 0.363 e. The number of esters is 1. The highest BCUT2D eigenvalue weighted by Crippen LogP contribution is 2.21. The number of aliphatic imine (C=N–C) groups is 1. The number of anilines is 1. The van der Waals surface area contributed by atoms with Gasteiger partial charge >= 0.3 is 5.97 Å². The first kappa shape index (κ1) is 21.7. The largest absolute Gasteiger partial charge is 0.485 e. The molecule has 0 atom stereocenters. The fourth-order valence-corrected chi connectivity index (χ4v) is 3.11. The molecule has 0 aromatic heterocycles.